The molecule has 0 N–H and O–H groups in total. The Morgan fingerprint density at radius 2 is 2.50 bits per heavy atom. The van der Waals surface area contributed by atoms with Crippen molar-refractivity contribution in [1.82, 2.24) is 9.78 Å². The molecular weight excluding hydrogens is 168 g/mol. The molecule has 0 saturated heterocycles. The van der Waals surface area contributed by atoms with E-state index in [-0.39, 0.29) is 0 Å². The fraction of sp³-hybridized carbons (Fsp3) is 0.400. The van der Waals surface area contributed by atoms with Crippen LogP contribution in [0.2, 0.25) is 0 Å². The van der Waals surface area contributed by atoms with Crippen LogP contribution in [0.15, 0.2) is 18.5 Å². The zero-order valence-electron chi connectivity index (χ0n) is 4.58. The molecule has 0 aliphatic heterocycles. The van der Waals surface area contributed by atoms with Gasteiger partial charge >= 0.3 is 0 Å². The van der Waals surface area contributed by atoms with E-state index in [1.165, 1.54) is 0 Å². The van der Waals surface area contributed by atoms with Crippen molar-refractivity contribution < 1.29 is 0 Å². The average molecular weight is 175 g/mol. The van der Waals surface area contributed by atoms with Crippen molar-refractivity contribution in [3.63, 3.8) is 0 Å². The van der Waals surface area contributed by atoms with E-state index < -0.39 is 0 Å². The minimum atomic E-state index is 0.303. The summed E-state index contributed by atoms with van der Waals surface area (Å²) < 4.78 is 1.83. The van der Waals surface area contributed by atoms with Crippen LogP contribution in [0.5, 0.6) is 0 Å². The molecule has 1 aromatic rings. The molecule has 44 valence electrons. The van der Waals surface area contributed by atoms with Crippen molar-refractivity contribution in [2.24, 2.45) is 0 Å². The summed E-state index contributed by atoms with van der Waals surface area (Å²) in [4.78, 5) is 0.303. The SMILES string of the molecule is CC(Br)n1cccn1. The number of rotatable bonds is 1. The summed E-state index contributed by atoms with van der Waals surface area (Å²) in [7, 11) is 0. The van der Waals surface area contributed by atoms with E-state index in [1.807, 2.05) is 23.9 Å². The molecule has 0 amide bonds. The summed E-state index contributed by atoms with van der Waals surface area (Å²) in [6, 6.07) is 1.90. The second-order valence-electron chi connectivity index (χ2n) is 1.56. The van der Waals surface area contributed by atoms with Crippen molar-refractivity contribution >= 4 is 15.9 Å². The molecule has 2 nitrogen and oxygen atoms in total. The van der Waals surface area contributed by atoms with Crippen LogP contribution >= 0.6 is 15.9 Å². The molecule has 0 radical (unpaired) electrons. The Balaban J connectivity index is 2.77. The van der Waals surface area contributed by atoms with E-state index in [0.29, 0.717) is 4.95 Å². The predicted octanol–water partition coefficient (Wildman–Crippen LogP) is 1.80. The molecule has 8 heavy (non-hydrogen) atoms. The summed E-state index contributed by atoms with van der Waals surface area (Å²) in [5, 5.41) is 3.99. The number of hydrogen-bond acceptors (Lipinski definition) is 1. The van der Waals surface area contributed by atoms with Gasteiger partial charge in [0.05, 0.1) is 0 Å². The second kappa shape index (κ2) is 2.31. The van der Waals surface area contributed by atoms with Crippen LogP contribution in [-0.4, -0.2) is 9.78 Å². The van der Waals surface area contributed by atoms with Crippen molar-refractivity contribution in [1.29, 1.82) is 0 Å². The molecule has 1 heterocycles. The highest BCUT2D eigenvalue weighted by Gasteiger charge is 1.93. The zero-order valence-corrected chi connectivity index (χ0v) is 6.17. The van der Waals surface area contributed by atoms with Gasteiger partial charge in [0.25, 0.3) is 0 Å². The second-order valence-corrected chi connectivity index (χ2v) is 2.89. The Hall–Kier alpha value is -0.310. The van der Waals surface area contributed by atoms with Gasteiger partial charge in [0.15, 0.2) is 0 Å². The molecule has 0 fully saturated rings. The van der Waals surface area contributed by atoms with Crippen LogP contribution in [0.4, 0.5) is 0 Å². The smallest absolute Gasteiger partial charge is 0.104 e. The van der Waals surface area contributed by atoms with Gasteiger partial charge in [-0.25, -0.2) is 0 Å². The van der Waals surface area contributed by atoms with Gasteiger partial charge in [-0.1, -0.05) is 15.9 Å². The summed E-state index contributed by atoms with van der Waals surface area (Å²) in [6.07, 6.45) is 3.68. The van der Waals surface area contributed by atoms with Gasteiger partial charge < -0.3 is 0 Å². The van der Waals surface area contributed by atoms with E-state index in [9.17, 15) is 0 Å². The van der Waals surface area contributed by atoms with Gasteiger partial charge in [0, 0.05) is 12.4 Å². The average Bonchev–Trinajstić information content (AvgIpc) is 2.12. The molecule has 1 atom stereocenters. The van der Waals surface area contributed by atoms with Crippen LogP contribution in [0.25, 0.3) is 0 Å². The van der Waals surface area contributed by atoms with Gasteiger partial charge in [-0.3, -0.25) is 4.68 Å². The lowest BCUT2D eigenvalue weighted by atomic mass is 10.7. The fourth-order valence-electron chi connectivity index (χ4n) is 0.491. The molecule has 1 rings (SSSR count). The Morgan fingerprint density at radius 1 is 1.75 bits per heavy atom. The van der Waals surface area contributed by atoms with E-state index >= 15 is 0 Å². The van der Waals surface area contributed by atoms with Crippen molar-refractivity contribution in [3.8, 4) is 0 Å². The molecular formula is C5H7BrN2. The first-order valence-electron chi connectivity index (χ1n) is 2.44. The number of alkyl halides is 1. The quantitative estimate of drug-likeness (QED) is 0.595. The predicted molar refractivity (Wildman–Crippen MR) is 35.9 cm³/mol. The highest BCUT2D eigenvalue weighted by molar-refractivity contribution is 9.09. The summed E-state index contributed by atoms with van der Waals surface area (Å²) in [5.74, 6) is 0. The first-order chi connectivity index (χ1) is 3.80. The Kier molecular flexibility index (Phi) is 1.68. The van der Waals surface area contributed by atoms with Crippen LogP contribution in [0.3, 0.4) is 0 Å². The standard InChI is InChI=1S/C5H7BrN2/c1-5(6)8-4-2-3-7-8/h2-5H,1H3. The van der Waals surface area contributed by atoms with Crippen LogP contribution in [0, 0.1) is 0 Å². The molecule has 1 unspecified atom stereocenters. The first kappa shape index (κ1) is 5.82. The third-order valence-electron chi connectivity index (χ3n) is 0.889. The molecule has 0 aromatic carbocycles. The van der Waals surface area contributed by atoms with E-state index in [0.717, 1.165) is 0 Å². The Morgan fingerprint density at radius 3 is 2.75 bits per heavy atom. The first-order valence-corrected chi connectivity index (χ1v) is 3.35. The maximum atomic E-state index is 3.99. The lowest BCUT2D eigenvalue weighted by molar-refractivity contribution is 0.653. The third-order valence-corrected chi connectivity index (χ3v) is 1.31. The molecule has 0 aliphatic rings. The van der Waals surface area contributed by atoms with Crippen LogP contribution < -0.4 is 0 Å². The minimum Gasteiger partial charge on any atom is -0.259 e. The molecule has 0 aliphatic carbocycles. The maximum Gasteiger partial charge on any atom is 0.104 e. The monoisotopic (exact) mass is 174 g/mol. The van der Waals surface area contributed by atoms with Crippen LogP contribution in [-0.2, 0) is 0 Å². The molecule has 0 bridgehead atoms. The number of nitrogens with zero attached hydrogens (tertiary/aromatic N) is 2. The van der Waals surface area contributed by atoms with E-state index in [2.05, 4.69) is 21.0 Å². The molecule has 0 saturated carbocycles. The molecule has 1 aromatic heterocycles. The van der Waals surface area contributed by atoms with Crippen molar-refractivity contribution in [2.45, 2.75) is 11.9 Å². The molecule has 0 spiro atoms. The highest BCUT2D eigenvalue weighted by Crippen LogP contribution is 2.09. The van der Waals surface area contributed by atoms with Crippen molar-refractivity contribution in [2.75, 3.05) is 0 Å². The highest BCUT2D eigenvalue weighted by atomic mass is 79.9. The molecule has 3 heteroatoms. The summed E-state index contributed by atoms with van der Waals surface area (Å²) >= 11 is 3.36. The summed E-state index contributed by atoms with van der Waals surface area (Å²) in [5.41, 5.74) is 0. The van der Waals surface area contributed by atoms with Crippen LogP contribution in [0.1, 0.15) is 11.9 Å². The topological polar surface area (TPSA) is 17.8 Å². The number of halogens is 1. The van der Waals surface area contributed by atoms with Crippen molar-refractivity contribution in [3.05, 3.63) is 18.5 Å². The Labute approximate surface area is 56.6 Å². The number of aromatic nitrogens is 2. The Bertz CT molecular complexity index is 145. The third kappa shape index (κ3) is 1.10. The lowest BCUT2D eigenvalue weighted by Gasteiger charge is -1.99. The minimum absolute atomic E-state index is 0.303. The van der Waals surface area contributed by atoms with Gasteiger partial charge in [0.2, 0.25) is 0 Å². The van der Waals surface area contributed by atoms with Gasteiger partial charge in [-0.05, 0) is 13.0 Å². The van der Waals surface area contributed by atoms with Gasteiger partial charge in [-0.15, -0.1) is 0 Å². The van der Waals surface area contributed by atoms with Gasteiger partial charge in [0.1, 0.15) is 4.95 Å². The fourth-order valence-corrected chi connectivity index (χ4v) is 0.733. The zero-order chi connectivity index (χ0) is 5.98. The largest absolute Gasteiger partial charge is 0.259 e. The van der Waals surface area contributed by atoms with E-state index in [4.69, 9.17) is 0 Å². The normalized spacial score (nSPS) is 13.8. The summed E-state index contributed by atoms with van der Waals surface area (Å²) in [6.45, 7) is 2.02. The maximum absolute atomic E-state index is 3.99. The number of hydrogen-bond donors (Lipinski definition) is 0. The lowest BCUT2D eigenvalue weighted by Crippen LogP contribution is -1.96. The van der Waals surface area contributed by atoms with Gasteiger partial charge in [-0.2, -0.15) is 5.10 Å². The van der Waals surface area contributed by atoms with E-state index in [1.54, 1.807) is 6.20 Å².